The highest BCUT2D eigenvalue weighted by Gasteiger charge is 2.24. The van der Waals surface area contributed by atoms with Crippen LogP contribution in [0.4, 0.5) is 5.82 Å². The molecular weight excluding hydrogens is 267 g/mol. The van der Waals surface area contributed by atoms with Crippen LogP contribution in [0.3, 0.4) is 0 Å². The van der Waals surface area contributed by atoms with E-state index < -0.39 is 0 Å². The summed E-state index contributed by atoms with van der Waals surface area (Å²) in [6, 6.07) is 2.47. The second-order valence-corrected chi connectivity index (χ2v) is 5.99. The third-order valence-corrected chi connectivity index (χ3v) is 4.41. The smallest absolute Gasteiger partial charge is 0.147 e. The molecule has 0 N–H and O–H groups in total. The van der Waals surface area contributed by atoms with Crippen LogP contribution < -0.4 is 4.90 Å². The zero-order valence-electron chi connectivity index (χ0n) is 11.0. The van der Waals surface area contributed by atoms with Crippen molar-refractivity contribution in [2.75, 3.05) is 11.9 Å². The molecule has 0 saturated heterocycles. The van der Waals surface area contributed by atoms with Crippen LogP contribution in [-0.4, -0.2) is 18.1 Å². The summed E-state index contributed by atoms with van der Waals surface area (Å²) in [4.78, 5) is 6.69. The van der Waals surface area contributed by atoms with Crippen LogP contribution >= 0.6 is 23.2 Å². The van der Waals surface area contributed by atoms with Crippen LogP contribution in [-0.2, 0) is 5.88 Å². The lowest BCUT2D eigenvalue weighted by Gasteiger charge is -2.35. The van der Waals surface area contributed by atoms with Gasteiger partial charge < -0.3 is 4.90 Å². The molecule has 2 unspecified atom stereocenters. The van der Waals surface area contributed by atoms with E-state index in [0.29, 0.717) is 16.9 Å². The average Bonchev–Trinajstić information content (AvgIpc) is 2.37. The summed E-state index contributed by atoms with van der Waals surface area (Å²) in [5, 5.41) is 0.703. The number of nitrogens with zero attached hydrogens (tertiary/aromatic N) is 2. The summed E-state index contributed by atoms with van der Waals surface area (Å²) in [5.74, 6) is 2.13. The van der Waals surface area contributed by atoms with Gasteiger partial charge in [-0.3, -0.25) is 0 Å². The largest absolute Gasteiger partial charge is 0.355 e. The van der Waals surface area contributed by atoms with Crippen molar-refractivity contribution in [3.63, 3.8) is 0 Å². The highest BCUT2D eigenvalue weighted by Crippen LogP contribution is 2.32. The van der Waals surface area contributed by atoms with E-state index in [2.05, 4.69) is 23.9 Å². The Morgan fingerprint density at radius 2 is 2.22 bits per heavy atom. The quantitative estimate of drug-likeness (QED) is 0.761. The minimum absolute atomic E-state index is 0.456. The van der Waals surface area contributed by atoms with E-state index in [1.807, 2.05) is 12.3 Å². The fraction of sp³-hybridized carbons (Fsp3) is 0.643. The number of anilines is 1. The zero-order valence-corrected chi connectivity index (χ0v) is 12.5. The van der Waals surface area contributed by atoms with Crippen molar-refractivity contribution >= 4 is 29.0 Å². The fourth-order valence-corrected chi connectivity index (χ4v) is 3.20. The summed E-state index contributed by atoms with van der Waals surface area (Å²) in [5.41, 5.74) is 0.968. The number of hydrogen-bond acceptors (Lipinski definition) is 2. The lowest BCUT2D eigenvalue weighted by Crippen LogP contribution is -2.36. The van der Waals surface area contributed by atoms with Crippen LogP contribution in [0.2, 0.25) is 5.02 Å². The van der Waals surface area contributed by atoms with E-state index in [4.69, 9.17) is 23.2 Å². The van der Waals surface area contributed by atoms with E-state index in [0.717, 1.165) is 17.3 Å². The average molecular weight is 287 g/mol. The standard InChI is InChI=1S/C14H20Cl2N2/c1-10-4-3-5-12(6-10)18(2)14-13(16)7-11(8-15)9-17-14/h7,9-10,12H,3-6,8H2,1-2H3. The van der Waals surface area contributed by atoms with Crippen molar-refractivity contribution in [1.82, 2.24) is 4.98 Å². The van der Waals surface area contributed by atoms with Gasteiger partial charge in [0, 0.05) is 25.2 Å². The van der Waals surface area contributed by atoms with Gasteiger partial charge in [0.1, 0.15) is 5.82 Å². The summed E-state index contributed by atoms with van der Waals surface area (Å²) in [6.45, 7) is 2.33. The van der Waals surface area contributed by atoms with E-state index in [1.54, 1.807) is 0 Å². The molecule has 100 valence electrons. The molecule has 1 aromatic rings. The minimum Gasteiger partial charge on any atom is -0.355 e. The van der Waals surface area contributed by atoms with Crippen molar-refractivity contribution in [3.8, 4) is 0 Å². The maximum atomic E-state index is 6.30. The van der Waals surface area contributed by atoms with Crippen LogP contribution in [0.25, 0.3) is 0 Å². The van der Waals surface area contributed by atoms with Crippen molar-refractivity contribution in [3.05, 3.63) is 22.8 Å². The Bertz CT molecular complexity index is 409. The predicted molar refractivity (Wildman–Crippen MR) is 78.6 cm³/mol. The maximum Gasteiger partial charge on any atom is 0.147 e. The van der Waals surface area contributed by atoms with Crippen LogP contribution in [0.1, 0.15) is 38.2 Å². The van der Waals surface area contributed by atoms with Gasteiger partial charge >= 0.3 is 0 Å². The molecule has 0 bridgehead atoms. The van der Waals surface area contributed by atoms with Crippen molar-refractivity contribution in [2.24, 2.45) is 5.92 Å². The number of alkyl halides is 1. The first-order chi connectivity index (χ1) is 8.61. The van der Waals surface area contributed by atoms with Gasteiger partial charge in [-0.1, -0.05) is 31.4 Å². The summed E-state index contributed by atoms with van der Waals surface area (Å²) >= 11 is 12.1. The molecule has 1 fully saturated rings. The van der Waals surface area contributed by atoms with Gasteiger partial charge in [0.25, 0.3) is 0 Å². The van der Waals surface area contributed by atoms with Crippen LogP contribution in [0.15, 0.2) is 12.3 Å². The number of aromatic nitrogens is 1. The number of halogens is 2. The topological polar surface area (TPSA) is 16.1 Å². The maximum absolute atomic E-state index is 6.30. The number of hydrogen-bond donors (Lipinski definition) is 0. The van der Waals surface area contributed by atoms with Gasteiger partial charge in [-0.05, 0) is 30.4 Å². The molecule has 4 heteroatoms. The van der Waals surface area contributed by atoms with Gasteiger partial charge in [0.15, 0.2) is 0 Å². The third kappa shape index (κ3) is 3.10. The Kier molecular flexibility index (Phi) is 4.74. The molecule has 1 aromatic heterocycles. The van der Waals surface area contributed by atoms with E-state index in [-0.39, 0.29) is 0 Å². The lowest BCUT2D eigenvalue weighted by atomic mass is 9.86. The van der Waals surface area contributed by atoms with Crippen molar-refractivity contribution in [2.45, 2.75) is 44.5 Å². The van der Waals surface area contributed by atoms with Crippen molar-refractivity contribution < 1.29 is 0 Å². The molecule has 0 spiro atoms. The fourth-order valence-electron chi connectivity index (χ4n) is 2.73. The van der Waals surface area contributed by atoms with Gasteiger partial charge in [0.2, 0.25) is 0 Å². The summed E-state index contributed by atoms with van der Waals surface area (Å²) in [7, 11) is 2.09. The molecule has 0 radical (unpaired) electrons. The minimum atomic E-state index is 0.456. The first-order valence-electron chi connectivity index (χ1n) is 6.55. The Hall–Kier alpha value is -0.470. The van der Waals surface area contributed by atoms with Gasteiger partial charge in [-0.2, -0.15) is 0 Å². The number of rotatable bonds is 3. The van der Waals surface area contributed by atoms with Crippen molar-refractivity contribution in [1.29, 1.82) is 0 Å². The van der Waals surface area contributed by atoms with E-state index in [9.17, 15) is 0 Å². The van der Waals surface area contributed by atoms with Gasteiger partial charge in [-0.15, -0.1) is 11.6 Å². The first-order valence-corrected chi connectivity index (χ1v) is 7.46. The molecule has 0 aromatic carbocycles. The normalized spacial score (nSPS) is 24.0. The zero-order chi connectivity index (χ0) is 13.1. The monoisotopic (exact) mass is 286 g/mol. The predicted octanol–water partition coefficient (Wildman–Crippen LogP) is 4.49. The van der Waals surface area contributed by atoms with Gasteiger partial charge in [0.05, 0.1) is 5.02 Å². The summed E-state index contributed by atoms with van der Waals surface area (Å²) < 4.78 is 0. The SMILES string of the molecule is CC1CCCC(N(C)c2ncc(CCl)cc2Cl)C1. The molecule has 1 heterocycles. The van der Waals surface area contributed by atoms with E-state index in [1.165, 1.54) is 25.7 Å². The molecule has 1 aliphatic carbocycles. The second kappa shape index (κ2) is 6.12. The molecule has 0 amide bonds. The second-order valence-electron chi connectivity index (χ2n) is 5.32. The van der Waals surface area contributed by atoms with Crippen LogP contribution in [0.5, 0.6) is 0 Å². The van der Waals surface area contributed by atoms with Gasteiger partial charge in [-0.25, -0.2) is 4.98 Å². The third-order valence-electron chi connectivity index (χ3n) is 3.82. The molecule has 1 saturated carbocycles. The van der Waals surface area contributed by atoms with E-state index >= 15 is 0 Å². The Morgan fingerprint density at radius 1 is 1.44 bits per heavy atom. The molecule has 2 atom stereocenters. The molecule has 2 rings (SSSR count). The highest BCUT2D eigenvalue weighted by molar-refractivity contribution is 6.33. The summed E-state index contributed by atoms with van der Waals surface area (Å²) in [6.07, 6.45) is 6.92. The molecular formula is C14H20Cl2N2. The highest BCUT2D eigenvalue weighted by atomic mass is 35.5. The number of pyridine rings is 1. The molecule has 0 aliphatic heterocycles. The Morgan fingerprint density at radius 3 is 2.83 bits per heavy atom. The van der Waals surface area contributed by atoms with Crippen LogP contribution in [0, 0.1) is 5.92 Å². The lowest BCUT2D eigenvalue weighted by molar-refractivity contribution is 0.335. The molecule has 18 heavy (non-hydrogen) atoms. The first kappa shape index (κ1) is 14.0. The molecule has 2 nitrogen and oxygen atoms in total. The Balaban J connectivity index is 2.15. The Labute approximate surface area is 119 Å². The molecule has 1 aliphatic rings.